The smallest absolute Gasteiger partial charge is 0.220 e. The third-order valence-corrected chi connectivity index (χ3v) is 31.2. The van der Waals surface area contributed by atoms with Gasteiger partial charge in [-0.2, -0.15) is 11.8 Å². The van der Waals surface area contributed by atoms with Gasteiger partial charge in [-0.25, -0.2) is 0 Å². The number of carbonyl (C=O) groups is 7. The van der Waals surface area contributed by atoms with Crippen molar-refractivity contribution in [3.05, 3.63) is 0 Å². The number of amides is 5. The molecule has 812 valence electrons. The predicted molar refractivity (Wildman–Crippen MR) is 522 cm³/mol. The molecule has 39 nitrogen and oxygen atoms in total. The van der Waals surface area contributed by atoms with Gasteiger partial charge in [0.15, 0.2) is 60.6 Å². The van der Waals surface area contributed by atoms with Crippen LogP contribution in [0.2, 0.25) is 0 Å². The molecule has 0 aromatic heterocycles. The van der Waals surface area contributed by atoms with Crippen molar-refractivity contribution >= 4 is 75.1 Å². The molecule has 0 aromatic carbocycles. The van der Waals surface area contributed by atoms with Gasteiger partial charge in [0, 0.05) is 114 Å². The van der Waals surface area contributed by atoms with E-state index in [4.69, 9.17) is 81.5 Å². The van der Waals surface area contributed by atoms with Gasteiger partial charge in [0.05, 0.1) is 96.0 Å². The third-order valence-electron chi connectivity index (χ3n) is 28.7. The second-order valence-corrected chi connectivity index (χ2v) is 42.4. The molecule has 42 heteroatoms. The summed E-state index contributed by atoms with van der Waals surface area (Å²) in [5.74, 6) is 5.80. The summed E-state index contributed by atoms with van der Waals surface area (Å²) in [5.41, 5.74) is 5.95. The van der Waals surface area contributed by atoms with Gasteiger partial charge in [0.1, 0.15) is 79.2 Å². The van der Waals surface area contributed by atoms with Gasteiger partial charge in [-0.1, -0.05) is 141 Å². The van der Waals surface area contributed by atoms with Crippen LogP contribution < -0.4 is 32.3 Å². The van der Waals surface area contributed by atoms with Crippen LogP contribution in [0.4, 0.5) is 0 Å². The molecule has 0 aromatic rings. The van der Waals surface area contributed by atoms with Crippen molar-refractivity contribution < 1.29 is 160 Å². The molecule has 0 bridgehead atoms. The van der Waals surface area contributed by atoms with E-state index >= 15 is 0 Å². The van der Waals surface area contributed by atoms with Gasteiger partial charge in [-0.05, 0) is 117 Å². The van der Waals surface area contributed by atoms with Gasteiger partial charge in [0.25, 0.3) is 0 Å². The Hall–Kier alpha value is -3.34. The van der Waals surface area contributed by atoms with E-state index in [2.05, 4.69) is 130 Å². The van der Waals surface area contributed by atoms with Crippen LogP contribution in [0.3, 0.4) is 0 Å². The Morgan fingerprint density at radius 1 is 0.309 bits per heavy atom. The Bertz CT molecular complexity index is 3460. The van der Waals surface area contributed by atoms with Crippen molar-refractivity contribution in [3.8, 4) is 0 Å². The fraction of sp³-hybridized carbons (Fsp3) is 0.928. The third kappa shape index (κ3) is 40.9. The first kappa shape index (κ1) is 126. The Morgan fingerprint density at radius 2 is 0.590 bits per heavy atom. The van der Waals surface area contributed by atoms with E-state index in [1.807, 2.05) is 6.26 Å². The molecular formula is C97H178N6O33S3. The molecule has 0 saturated carbocycles. The number of carbonyl (C=O) groups excluding carboxylic acids is 7. The van der Waals surface area contributed by atoms with E-state index in [1.54, 1.807) is 25.6 Å². The Balaban J connectivity index is 0.000000330. The van der Waals surface area contributed by atoms with E-state index in [0.717, 1.165) is 62.6 Å². The molecule has 16 unspecified atom stereocenters. The van der Waals surface area contributed by atoms with E-state index < -0.39 is 154 Å². The average Bonchev–Trinajstić information content (AvgIpc) is 0.785. The summed E-state index contributed by atoms with van der Waals surface area (Å²) >= 11 is 4.11. The van der Waals surface area contributed by atoms with Crippen LogP contribution in [0.15, 0.2) is 0 Å². The summed E-state index contributed by atoms with van der Waals surface area (Å²) in [5, 5.41) is 115. The molecule has 8 saturated heterocycles. The van der Waals surface area contributed by atoms with Crippen molar-refractivity contribution in [1.82, 2.24) is 26.6 Å². The highest BCUT2D eigenvalue weighted by Crippen LogP contribution is 2.43. The van der Waals surface area contributed by atoms with Crippen LogP contribution in [0, 0.1) is 76.9 Å². The minimum Gasteiger partial charge on any atom is -0.394 e. The summed E-state index contributed by atoms with van der Waals surface area (Å²) in [7, 11) is 0. The van der Waals surface area contributed by atoms with Crippen molar-refractivity contribution in [2.45, 2.75) is 388 Å². The maximum atomic E-state index is 11.9. The summed E-state index contributed by atoms with van der Waals surface area (Å²) < 4.78 is 95.4. The lowest BCUT2D eigenvalue weighted by Gasteiger charge is -2.46. The van der Waals surface area contributed by atoms with E-state index in [-0.39, 0.29) is 116 Å². The topological polar surface area (TPSA) is 556 Å². The number of rotatable bonds is 49. The zero-order valence-electron chi connectivity index (χ0n) is 86.3. The number of aliphatic hydroxyl groups is 10. The standard InChI is InChI=1S/C28H51NO6S.C25H43N3O13S.C23H44O4.C21H40N2O10S/c1-9-24-19(4)17(2)22(7)28(34-24)33-16-25-20(5)18(3)21(6)27(35-25)32-14-11-13-29-26(31)12-10-15-36-23(8)30;1-12(30)27-18-23(37)21(35)16(11-39-25-19(28-13(2)31)22(36)20(34)15(10-29)40-25)41-24(18)38-8-5-7-26-17(33)6-4-9-42-14(3)32;1-9-11-12-24-22-18(7)15(4)17(6)21(27-22)13-25-23-19(8)14(3)16(5)20(10-2)26-23;1-11-16(26)17(27)12(9-24)32-20(11)31-10-13-18(28)19(29)15(22)21(33-13)30-7-4-6-23-14(25)5-3-8-34-2/h17-22,24-25,27-28H,9-16H2,1-8H3,(H,29,31);15-16,18-25,29,34-37H,4-11H2,1-3H3,(H,26,33)(H,27,30)(H,28,31);14-23H,9-13H2,1-8H3;11-13,15-21,24,26-29H,3-10,22H2,1-2H3,(H,23,25)/t17-,18-,19-,20-,21?,22?,24?,25?,27+,28+;15?,16?,18?,19?,20-,21-,22-,23-,24-,25-;14-,15-,16-,17-,18?,19?,20?,21?,22+,23+;11?,12?,13?,15?,16-,17-,18-,19-,20-,21-/m0101/s1. The lowest BCUT2D eigenvalue weighted by atomic mass is 9.78. The fourth-order valence-corrected chi connectivity index (χ4v) is 19.6. The second-order valence-electron chi connectivity index (χ2n) is 38.9. The normalized spacial score (nSPS) is 37.9. The Morgan fingerprint density at radius 3 is 0.957 bits per heavy atom. The number of hydrogen-bond acceptors (Lipinski definition) is 37. The van der Waals surface area contributed by atoms with Gasteiger partial charge in [-0.3, -0.25) is 33.6 Å². The largest absolute Gasteiger partial charge is 0.394 e. The number of unbranched alkanes of at least 4 members (excludes halogenated alkanes) is 1. The van der Waals surface area contributed by atoms with Crippen LogP contribution in [-0.4, -0.2) is 366 Å². The molecule has 8 rings (SSSR count). The molecule has 139 heavy (non-hydrogen) atoms. The van der Waals surface area contributed by atoms with Gasteiger partial charge in [-0.15, -0.1) is 0 Å². The molecular weight excluding hydrogens is 1870 g/mol. The van der Waals surface area contributed by atoms with Crippen LogP contribution in [-0.2, 0) is 109 Å². The van der Waals surface area contributed by atoms with E-state index in [9.17, 15) is 84.6 Å². The zero-order chi connectivity index (χ0) is 104. The minimum atomic E-state index is -1.56. The molecule has 5 amide bonds. The first-order chi connectivity index (χ1) is 65.9. The molecule has 8 aliphatic rings. The summed E-state index contributed by atoms with van der Waals surface area (Å²) in [6.45, 7) is 42.9. The van der Waals surface area contributed by atoms with Crippen LogP contribution in [0.1, 0.15) is 222 Å². The molecule has 8 fully saturated rings. The molecule has 0 aliphatic carbocycles. The maximum Gasteiger partial charge on any atom is 0.220 e. The van der Waals surface area contributed by atoms with E-state index in [0.29, 0.717) is 148 Å². The number of nitrogens with one attached hydrogen (secondary N) is 5. The highest BCUT2D eigenvalue weighted by molar-refractivity contribution is 8.13. The monoisotopic (exact) mass is 2050 g/mol. The summed E-state index contributed by atoms with van der Waals surface area (Å²) in [6, 6.07) is -3.36. The molecule has 40 atom stereocenters. The van der Waals surface area contributed by atoms with E-state index in [1.165, 1.54) is 32.5 Å². The molecule has 0 radical (unpaired) electrons. The summed E-state index contributed by atoms with van der Waals surface area (Å²) in [6.07, 6.45) is -9.36. The zero-order valence-corrected chi connectivity index (χ0v) is 88.7. The average molecular weight is 2050 g/mol. The van der Waals surface area contributed by atoms with Gasteiger partial charge < -0.3 is 159 Å². The van der Waals surface area contributed by atoms with Crippen molar-refractivity contribution in [2.75, 3.05) is 109 Å². The van der Waals surface area contributed by atoms with Crippen molar-refractivity contribution in [3.63, 3.8) is 0 Å². The lowest BCUT2D eigenvalue weighted by Crippen LogP contribution is -2.66. The lowest BCUT2D eigenvalue weighted by molar-refractivity contribution is -0.308. The number of thioether (sulfide) groups is 3. The molecule has 17 N–H and O–H groups in total. The number of ether oxygens (including phenoxy) is 16. The quantitative estimate of drug-likeness (QED) is 0.0365. The molecule has 0 spiro atoms. The Labute approximate surface area is 837 Å². The first-order valence-corrected chi connectivity index (χ1v) is 54.0. The number of hydrogen-bond donors (Lipinski definition) is 16. The molecule has 8 heterocycles. The van der Waals surface area contributed by atoms with Crippen molar-refractivity contribution in [1.29, 1.82) is 0 Å². The van der Waals surface area contributed by atoms with Crippen LogP contribution in [0.5, 0.6) is 0 Å². The van der Waals surface area contributed by atoms with Crippen LogP contribution in [0.25, 0.3) is 0 Å². The second kappa shape index (κ2) is 66.2. The predicted octanol–water partition coefficient (Wildman–Crippen LogP) is 4.76. The first-order valence-electron chi connectivity index (χ1n) is 50.6. The van der Waals surface area contributed by atoms with Crippen molar-refractivity contribution in [2.24, 2.45) is 82.7 Å². The number of nitrogens with two attached hydrogens (primary N) is 1. The van der Waals surface area contributed by atoms with Gasteiger partial charge >= 0.3 is 0 Å². The van der Waals surface area contributed by atoms with Gasteiger partial charge in [0.2, 0.25) is 29.5 Å². The summed E-state index contributed by atoms with van der Waals surface area (Å²) in [4.78, 5) is 80.9. The highest BCUT2D eigenvalue weighted by Gasteiger charge is 2.52. The molecule has 8 aliphatic heterocycles. The Kier molecular flexibility index (Phi) is 60.0. The van der Waals surface area contributed by atoms with Crippen LogP contribution >= 0.6 is 35.3 Å². The fourth-order valence-electron chi connectivity index (χ4n) is 18.0. The highest BCUT2D eigenvalue weighted by atomic mass is 32.2. The maximum absolute atomic E-state index is 11.9. The number of aliphatic hydroxyl groups excluding tert-OH is 10. The minimum absolute atomic E-state index is 0.00743. The SMILES string of the molecule is CC(=O)NC1[C@H](OCC2O[C@@H](OCCCNC(=O)CCCSC(C)=O)C(NC(C)=O)[C@@H](O)[C@@H]2O)OC(CO)[C@@H](O)[C@@H]1O.CCC1O[C@@H](OCC2O[C@@H](OCCCNC(=O)CCCSC(C)=O)C(C)[C@@H](C)[C@@H]2C)C(C)[C@@H](C)[C@@H]1C.CCCCO[C@@H]1OC(CO[C@@H]2OC(CC)[C@@H](C)[C@H](C)C2C)[C@@H](C)[C@H](C)C1C.CSCCCC(=O)NCCCO[C@@H]1OC(CO[C@@H]2OC(CO)[C@@H](O)[C@H](O)C2C)[C@@H](O)[C@H](O)C1N.